The Morgan fingerprint density at radius 1 is 1.35 bits per heavy atom. The molecule has 1 spiro atoms. The summed E-state index contributed by atoms with van der Waals surface area (Å²) in [5.74, 6) is 1.81. The molecule has 1 amide bonds. The van der Waals surface area contributed by atoms with Crippen molar-refractivity contribution in [3.8, 4) is 5.75 Å². The lowest BCUT2D eigenvalue weighted by molar-refractivity contribution is -0.138. The number of methoxy groups -OCH3 is 1. The molecule has 0 unspecified atom stereocenters. The third-order valence-electron chi connectivity index (χ3n) is 7.17. The van der Waals surface area contributed by atoms with Crippen LogP contribution in [0.3, 0.4) is 0 Å². The van der Waals surface area contributed by atoms with Gasteiger partial charge in [-0.3, -0.25) is 9.63 Å². The molecule has 5 aliphatic rings. The van der Waals surface area contributed by atoms with Gasteiger partial charge in [-0.15, -0.1) is 0 Å². The van der Waals surface area contributed by atoms with Gasteiger partial charge >= 0.3 is 0 Å². The van der Waals surface area contributed by atoms with E-state index >= 15 is 0 Å². The van der Waals surface area contributed by atoms with Crippen LogP contribution in [0.15, 0.2) is 18.2 Å². The summed E-state index contributed by atoms with van der Waals surface area (Å²) in [6.45, 7) is 2.99. The largest absolute Gasteiger partial charge is 0.497 e. The molecular formula is C20H26N2O4. The Hall–Kier alpha value is -1.63. The number of hydrogen-bond donors (Lipinski definition) is 1. The fourth-order valence-corrected chi connectivity index (χ4v) is 5.97. The van der Waals surface area contributed by atoms with Crippen LogP contribution in [0.25, 0.3) is 0 Å². The minimum Gasteiger partial charge on any atom is -0.497 e. The Balaban J connectivity index is 1.65. The Morgan fingerprint density at radius 2 is 2.19 bits per heavy atom. The van der Waals surface area contributed by atoms with Gasteiger partial charge in [-0.1, -0.05) is 13.0 Å². The van der Waals surface area contributed by atoms with Crippen molar-refractivity contribution in [1.82, 2.24) is 5.32 Å². The standard InChI is InChI=1S/C20H26N2O4/c1-4-15-12-8-18-20(9-16(21-15)13(12)10-26-18)14-6-5-11(24-2)7-17(14)22(25-3)19(20)23/h5-7,12-13,15-16,18,21H,4,8-10H2,1-3H3/t12-,13+,15-,16+,18+,20+/m1/s1. The van der Waals surface area contributed by atoms with E-state index < -0.39 is 5.41 Å². The molecule has 4 bridgehead atoms. The molecule has 6 nitrogen and oxygen atoms in total. The summed E-state index contributed by atoms with van der Waals surface area (Å²) in [5, 5.41) is 5.25. The molecule has 1 aliphatic carbocycles. The third kappa shape index (κ3) is 1.90. The van der Waals surface area contributed by atoms with E-state index in [4.69, 9.17) is 14.3 Å². The van der Waals surface area contributed by atoms with Gasteiger partial charge in [0.2, 0.25) is 0 Å². The molecule has 4 aliphatic heterocycles. The predicted molar refractivity (Wildman–Crippen MR) is 96.1 cm³/mol. The van der Waals surface area contributed by atoms with Gasteiger partial charge in [0.15, 0.2) is 0 Å². The van der Waals surface area contributed by atoms with E-state index in [1.807, 2.05) is 18.2 Å². The minimum atomic E-state index is -0.669. The SMILES string of the molecule is CC[C@H]1N[C@H]2C[C@@]3(C(=O)N(OC)c4cc(OC)ccc43)[C@@H]3C[C@@H]1[C@@H]2CO3. The second-order valence-corrected chi connectivity index (χ2v) is 8.01. The molecule has 6 atom stereocenters. The number of hydrogen-bond acceptors (Lipinski definition) is 5. The van der Waals surface area contributed by atoms with Crippen molar-refractivity contribution in [2.24, 2.45) is 11.8 Å². The average molecular weight is 358 g/mol. The molecule has 1 N–H and O–H groups in total. The number of benzene rings is 1. The first-order valence-electron chi connectivity index (χ1n) is 9.58. The number of ether oxygens (including phenoxy) is 2. The smallest absolute Gasteiger partial charge is 0.264 e. The lowest BCUT2D eigenvalue weighted by Crippen LogP contribution is -2.53. The number of rotatable bonds is 3. The molecule has 3 saturated heterocycles. The van der Waals surface area contributed by atoms with Crippen molar-refractivity contribution < 1.29 is 19.1 Å². The van der Waals surface area contributed by atoms with Gasteiger partial charge < -0.3 is 14.8 Å². The number of amides is 1. The number of nitrogens with one attached hydrogen (secondary N) is 1. The molecule has 1 saturated carbocycles. The van der Waals surface area contributed by atoms with E-state index in [1.54, 1.807) is 14.2 Å². The highest BCUT2D eigenvalue weighted by Gasteiger charge is 2.64. The first-order chi connectivity index (χ1) is 12.6. The molecule has 1 aromatic rings. The Bertz CT molecular complexity index is 753. The zero-order chi connectivity index (χ0) is 18.1. The van der Waals surface area contributed by atoms with Crippen LogP contribution in [0.2, 0.25) is 0 Å². The lowest BCUT2D eigenvalue weighted by atomic mass is 9.71. The summed E-state index contributed by atoms with van der Waals surface area (Å²) < 4.78 is 11.7. The highest BCUT2D eigenvalue weighted by molar-refractivity contribution is 6.07. The van der Waals surface area contributed by atoms with Crippen molar-refractivity contribution >= 4 is 11.6 Å². The van der Waals surface area contributed by atoms with Crippen LogP contribution >= 0.6 is 0 Å². The molecule has 1 aromatic carbocycles. The van der Waals surface area contributed by atoms with Crippen molar-refractivity contribution in [1.29, 1.82) is 0 Å². The average Bonchev–Trinajstić information content (AvgIpc) is 3.01. The Morgan fingerprint density at radius 3 is 2.92 bits per heavy atom. The molecule has 6 rings (SSSR count). The van der Waals surface area contributed by atoms with Gasteiger partial charge in [-0.05, 0) is 36.8 Å². The van der Waals surface area contributed by atoms with Gasteiger partial charge in [-0.2, -0.15) is 5.06 Å². The van der Waals surface area contributed by atoms with Crippen LogP contribution in [0.4, 0.5) is 5.69 Å². The molecule has 0 radical (unpaired) electrons. The quantitative estimate of drug-likeness (QED) is 0.896. The summed E-state index contributed by atoms with van der Waals surface area (Å²) in [7, 11) is 3.18. The van der Waals surface area contributed by atoms with E-state index in [1.165, 1.54) is 5.06 Å². The molecule has 4 fully saturated rings. The summed E-state index contributed by atoms with van der Waals surface area (Å²) in [5.41, 5.74) is 1.13. The fourth-order valence-electron chi connectivity index (χ4n) is 5.97. The lowest BCUT2D eigenvalue weighted by Gasteiger charge is -2.40. The fraction of sp³-hybridized carbons (Fsp3) is 0.650. The zero-order valence-electron chi connectivity index (χ0n) is 15.5. The maximum atomic E-state index is 13.6. The normalized spacial score (nSPS) is 40.2. The van der Waals surface area contributed by atoms with E-state index in [0.29, 0.717) is 23.9 Å². The third-order valence-corrected chi connectivity index (χ3v) is 7.17. The number of fused-ring (bicyclic) bond motifs is 2. The monoisotopic (exact) mass is 358 g/mol. The second-order valence-electron chi connectivity index (χ2n) is 8.01. The zero-order valence-corrected chi connectivity index (χ0v) is 15.5. The highest BCUT2D eigenvalue weighted by atomic mass is 16.7. The van der Waals surface area contributed by atoms with E-state index in [0.717, 1.165) is 42.9 Å². The molecular weight excluding hydrogens is 332 g/mol. The number of hydroxylamine groups is 1. The first-order valence-corrected chi connectivity index (χ1v) is 9.58. The number of nitrogens with zero attached hydrogens (tertiary/aromatic N) is 1. The summed E-state index contributed by atoms with van der Waals surface area (Å²) in [6, 6.07) is 6.71. The minimum absolute atomic E-state index is 0.00342. The molecule has 26 heavy (non-hydrogen) atoms. The molecule has 0 aromatic heterocycles. The van der Waals surface area contributed by atoms with Crippen LogP contribution in [-0.2, 0) is 19.8 Å². The number of carbonyl (C=O) groups is 1. The van der Waals surface area contributed by atoms with Crippen LogP contribution in [0, 0.1) is 11.8 Å². The number of anilines is 1. The summed E-state index contributed by atoms with van der Waals surface area (Å²) in [6.07, 6.45) is 2.74. The van der Waals surface area contributed by atoms with Crippen molar-refractivity contribution in [2.75, 3.05) is 25.9 Å². The Labute approximate surface area is 153 Å². The van der Waals surface area contributed by atoms with Crippen LogP contribution < -0.4 is 15.1 Å². The Kier molecular flexibility index (Phi) is 3.61. The maximum Gasteiger partial charge on any atom is 0.264 e. The van der Waals surface area contributed by atoms with Crippen molar-refractivity contribution in [3.63, 3.8) is 0 Å². The summed E-state index contributed by atoms with van der Waals surface area (Å²) in [4.78, 5) is 19.1. The second kappa shape index (κ2) is 5.68. The van der Waals surface area contributed by atoms with Crippen LogP contribution in [-0.4, -0.2) is 44.9 Å². The van der Waals surface area contributed by atoms with Crippen molar-refractivity contribution in [2.45, 2.75) is 49.8 Å². The van der Waals surface area contributed by atoms with Crippen LogP contribution in [0.1, 0.15) is 31.7 Å². The highest BCUT2D eigenvalue weighted by Crippen LogP contribution is 2.57. The van der Waals surface area contributed by atoms with E-state index in [9.17, 15) is 4.79 Å². The van der Waals surface area contributed by atoms with Gasteiger partial charge in [0.05, 0.1) is 32.6 Å². The van der Waals surface area contributed by atoms with E-state index in [2.05, 4.69) is 12.2 Å². The van der Waals surface area contributed by atoms with Crippen molar-refractivity contribution in [3.05, 3.63) is 23.8 Å². The molecule has 140 valence electrons. The van der Waals surface area contributed by atoms with E-state index in [-0.39, 0.29) is 12.0 Å². The summed E-state index contributed by atoms with van der Waals surface area (Å²) >= 11 is 0. The first kappa shape index (κ1) is 16.5. The predicted octanol–water partition coefficient (Wildman–Crippen LogP) is 2.02. The molecule has 4 heterocycles. The van der Waals surface area contributed by atoms with Gasteiger partial charge in [0.1, 0.15) is 11.2 Å². The topological polar surface area (TPSA) is 60.0 Å². The van der Waals surface area contributed by atoms with Gasteiger partial charge in [-0.25, -0.2) is 0 Å². The maximum absolute atomic E-state index is 13.6. The molecule has 6 heteroatoms. The van der Waals surface area contributed by atoms with Gasteiger partial charge in [0.25, 0.3) is 5.91 Å². The van der Waals surface area contributed by atoms with Crippen LogP contribution in [0.5, 0.6) is 5.75 Å². The number of carbonyl (C=O) groups excluding carboxylic acids is 1. The van der Waals surface area contributed by atoms with Gasteiger partial charge in [0, 0.05) is 24.1 Å².